The van der Waals surface area contributed by atoms with Gasteiger partial charge in [0.25, 0.3) is 0 Å². The van der Waals surface area contributed by atoms with E-state index in [9.17, 15) is 4.79 Å². The quantitative estimate of drug-likeness (QED) is 0.795. The van der Waals surface area contributed by atoms with Gasteiger partial charge in [-0.2, -0.15) is 11.8 Å². The molecular formula is C14H22N2OS. The van der Waals surface area contributed by atoms with Crippen molar-refractivity contribution in [3.05, 3.63) is 35.9 Å². The van der Waals surface area contributed by atoms with E-state index in [0.29, 0.717) is 6.42 Å². The van der Waals surface area contributed by atoms with Gasteiger partial charge in [-0.05, 0) is 37.8 Å². The number of nitrogens with two attached hydrogens (primary N) is 1. The Kier molecular flexibility index (Phi) is 5.69. The van der Waals surface area contributed by atoms with Crippen molar-refractivity contribution >= 4 is 17.7 Å². The number of primary amides is 1. The summed E-state index contributed by atoms with van der Waals surface area (Å²) in [5.74, 6) is 0.578. The van der Waals surface area contributed by atoms with Crippen LogP contribution in [0.4, 0.5) is 0 Å². The average molecular weight is 266 g/mol. The third-order valence-electron chi connectivity index (χ3n) is 2.90. The topological polar surface area (TPSA) is 55.1 Å². The third kappa shape index (κ3) is 3.50. The molecule has 1 unspecified atom stereocenters. The van der Waals surface area contributed by atoms with Gasteiger partial charge in [-0.25, -0.2) is 0 Å². The van der Waals surface area contributed by atoms with Crippen LogP contribution in [-0.4, -0.2) is 24.0 Å². The van der Waals surface area contributed by atoms with Crippen LogP contribution in [0.25, 0.3) is 0 Å². The second-order valence-electron chi connectivity index (χ2n) is 4.68. The molecule has 0 aliphatic heterocycles. The fourth-order valence-corrected chi connectivity index (χ4v) is 2.62. The molecule has 1 atom stereocenters. The summed E-state index contributed by atoms with van der Waals surface area (Å²) in [6.07, 6.45) is 2.73. The molecule has 3 nitrogen and oxygen atoms in total. The zero-order valence-corrected chi connectivity index (χ0v) is 12.1. The lowest BCUT2D eigenvalue weighted by molar-refractivity contribution is -0.125. The first-order valence-electron chi connectivity index (χ1n) is 6.15. The molecule has 1 rings (SSSR count). The molecule has 1 aromatic rings. The maximum atomic E-state index is 12.0. The van der Waals surface area contributed by atoms with E-state index in [1.54, 1.807) is 11.8 Å². The number of rotatable bonds is 7. The standard InChI is InChI=1S/C14H22N2OS/c1-11(2)16-14(13(15)17,9-10-18-3)12-7-5-4-6-8-12/h4-8,11,16H,9-10H2,1-3H3,(H2,15,17). The zero-order chi connectivity index (χ0) is 13.6. The second kappa shape index (κ2) is 6.81. The van der Waals surface area contributed by atoms with Crippen LogP contribution in [0.2, 0.25) is 0 Å². The van der Waals surface area contributed by atoms with Crippen molar-refractivity contribution in [2.45, 2.75) is 31.8 Å². The summed E-state index contributed by atoms with van der Waals surface area (Å²) >= 11 is 1.72. The molecule has 18 heavy (non-hydrogen) atoms. The highest BCUT2D eigenvalue weighted by atomic mass is 32.2. The molecule has 3 N–H and O–H groups in total. The smallest absolute Gasteiger partial charge is 0.242 e. The SMILES string of the molecule is CSCCC(NC(C)C)(C(N)=O)c1ccccc1. The summed E-state index contributed by atoms with van der Waals surface area (Å²) < 4.78 is 0. The lowest BCUT2D eigenvalue weighted by Crippen LogP contribution is -2.55. The van der Waals surface area contributed by atoms with Crippen molar-refractivity contribution in [3.63, 3.8) is 0 Å². The largest absolute Gasteiger partial charge is 0.368 e. The van der Waals surface area contributed by atoms with Crippen LogP contribution in [0.1, 0.15) is 25.8 Å². The van der Waals surface area contributed by atoms with E-state index in [0.717, 1.165) is 11.3 Å². The van der Waals surface area contributed by atoms with Crippen LogP contribution in [0.5, 0.6) is 0 Å². The van der Waals surface area contributed by atoms with Crippen molar-refractivity contribution in [3.8, 4) is 0 Å². The molecule has 0 saturated heterocycles. The number of hydrogen-bond donors (Lipinski definition) is 2. The van der Waals surface area contributed by atoms with Crippen LogP contribution < -0.4 is 11.1 Å². The Morgan fingerprint density at radius 1 is 1.39 bits per heavy atom. The first-order chi connectivity index (χ1) is 8.53. The van der Waals surface area contributed by atoms with Gasteiger partial charge in [0.15, 0.2) is 0 Å². The van der Waals surface area contributed by atoms with Gasteiger partial charge in [-0.1, -0.05) is 30.3 Å². The number of benzene rings is 1. The Hall–Kier alpha value is -1.00. The van der Waals surface area contributed by atoms with Crippen LogP contribution in [0.3, 0.4) is 0 Å². The molecule has 1 aromatic carbocycles. The summed E-state index contributed by atoms with van der Waals surface area (Å²) in [7, 11) is 0. The highest BCUT2D eigenvalue weighted by Crippen LogP contribution is 2.27. The van der Waals surface area contributed by atoms with Crippen molar-refractivity contribution in [2.24, 2.45) is 5.73 Å². The second-order valence-corrected chi connectivity index (χ2v) is 5.66. The Morgan fingerprint density at radius 2 is 2.00 bits per heavy atom. The number of carbonyl (C=O) groups is 1. The van der Waals surface area contributed by atoms with Crippen molar-refractivity contribution < 1.29 is 4.79 Å². The van der Waals surface area contributed by atoms with Gasteiger partial charge in [0.05, 0.1) is 0 Å². The summed E-state index contributed by atoms with van der Waals surface area (Å²) in [6, 6.07) is 9.93. The van der Waals surface area contributed by atoms with Gasteiger partial charge in [-0.15, -0.1) is 0 Å². The fourth-order valence-electron chi connectivity index (χ4n) is 2.11. The fraction of sp³-hybridized carbons (Fsp3) is 0.500. The number of hydrogen-bond acceptors (Lipinski definition) is 3. The van der Waals surface area contributed by atoms with Crippen LogP contribution in [0, 0.1) is 0 Å². The normalized spacial score (nSPS) is 14.4. The van der Waals surface area contributed by atoms with E-state index < -0.39 is 5.54 Å². The Balaban J connectivity index is 3.15. The maximum absolute atomic E-state index is 12.0. The van der Waals surface area contributed by atoms with Gasteiger partial charge < -0.3 is 5.73 Å². The van der Waals surface area contributed by atoms with E-state index in [1.165, 1.54) is 0 Å². The zero-order valence-electron chi connectivity index (χ0n) is 11.3. The highest BCUT2D eigenvalue weighted by Gasteiger charge is 2.38. The van der Waals surface area contributed by atoms with Gasteiger partial charge in [-0.3, -0.25) is 10.1 Å². The molecule has 100 valence electrons. The molecule has 0 aliphatic carbocycles. The van der Waals surface area contributed by atoms with Gasteiger partial charge in [0.2, 0.25) is 5.91 Å². The summed E-state index contributed by atoms with van der Waals surface area (Å²) in [4.78, 5) is 12.0. The first-order valence-corrected chi connectivity index (χ1v) is 7.54. The van der Waals surface area contributed by atoms with Gasteiger partial charge in [0.1, 0.15) is 5.54 Å². The molecule has 0 heterocycles. The molecule has 1 amide bonds. The molecule has 4 heteroatoms. The minimum Gasteiger partial charge on any atom is -0.368 e. The lowest BCUT2D eigenvalue weighted by atomic mass is 9.85. The predicted octanol–water partition coefficient (Wildman–Crippen LogP) is 2.12. The highest BCUT2D eigenvalue weighted by molar-refractivity contribution is 7.98. The van der Waals surface area contributed by atoms with Gasteiger partial charge in [0, 0.05) is 6.04 Å². The minimum atomic E-state index is -0.765. The molecule has 0 fully saturated rings. The van der Waals surface area contributed by atoms with Crippen LogP contribution in [-0.2, 0) is 10.3 Å². The first kappa shape index (κ1) is 15.1. The van der Waals surface area contributed by atoms with Crippen LogP contribution in [0.15, 0.2) is 30.3 Å². The van der Waals surface area contributed by atoms with E-state index in [-0.39, 0.29) is 11.9 Å². The lowest BCUT2D eigenvalue weighted by Gasteiger charge is -2.34. The Bertz CT molecular complexity index is 381. The van der Waals surface area contributed by atoms with Crippen molar-refractivity contribution in [1.82, 2.24) is 5.32 Å². The number of nitrogens with one attached hydrogen (secondary N) is 1. The van der Waals surface area contributed by atoms with E-state index in [4.69, 9.17) is 5.73 Å². The number of thioether (sulfide) groups is 1. The minimum absolute atomic E-state index is 0.194. The van der Waals surface area contributed by atoms with E-state index >= 15 is 0 Å². The maximum Gasteiger partial charge on any atom is 0.242 e. The Labute approximate surface area is 114 Å². The molecule has 0 spiro atoms. The van der Waals surface area contributed by atoms with Crippen LogP contribution >= 0.6 is 11.8 Å². The average Bonchev–Trinajstić information content (AvgIpc) is 2.34. The molecule has 0 saturated carbocycles. The van der Waals surface area contributed by atoms with Gasteiger partial charge >= 0.3 is 0 Å². The third-order valence-corrected chi connectivity index (χ3v) is 3.52. The number of carbonyl (C=O) groups excluding carboxylic acids is 1. The summed E-state index contributed by atoms with van der Waals surface area (Å²) in [6.45, 7) is 4.05. The summed E-state index contributed by atoms with van der Waals surface area (Å²) in [5.41, 5.74) is 5.86. The predicted molar refractivity (Wildman–Crippen MR) is 78.6 cm³/mol. The molecule has 0 radical (unpaired) electrons. The van der Waals surface area contributed by atoms with E-state index in [1.807, 2.05) is 50.4 Å². The van der Waals surface area contributed by atoms with Crippen molar-refractivity contribution in [1.29, 1.82) is 0 Å². The molecular weight excluding hydrogens is 244 g/mol. The van der Waals surface area contributed by atoms with E-state index in [2.05, 4.69) is 5.32 Å². The Morgan fingerprint density at radius 3 is 2.44 bits per heavy atom. The molecule has 0 aliphatic rings. The number of amides is 1. The van der Waals surface area contributed by atoms with Crippen molar-refractivity contribution in [2.75, 3.05) is 12.0 Å². The molecule has 0 aromatic heterocycles. The molecule has 0 bridgehead atoms. The monoisotopic (exact) mass is 266 g/mol. The summed E-state index contributed by atoms with van der Waals surface area (Å²) in [5, 5.41) is 3.36.